The number of anilines is 1. The van der Waals surface area contributed by atoms with Crippen molar-refractivity contribution in [2.24, 2.45) is 0 Å². The third-order valence-electron chi connectivity index (χ3n) is 1.81. The topological polar surface area (TPSA) is 66.9 Å². The highest BCUT2D eigenvalue weighted by atomic mass is 16.1. The van der Waals surface area contributed by atoms with Crippen molar-refractivity contribution < 1.29 is 4.79 Å². The SMILES string of the molecule is C=C(C)CNc1ccc(C(=O)NCC)nn1. The molecular formula is C11H16N4O. The summed E-state index contributed by atoms with van der Waals surface area (Å²) in [6, 6.07) is 3.36. The van der Waals surface area contributed by atoms with E-state index in [2.05, 4.69) is 27.4 Å². The Morgan fingerprint density at radius 3 is 2.69 bits per heavy atom. The van der Waals surface area contributed by atoms with Crippen LogP contribution < -0.4 is 10.6 Å². The average molecular weight is 220 g/mol. The van der Waals surface area contributed by atoms with Crippen LogP contribution in [0.15, 0.2) is 24.3 Å². The summed E-state index contributed by atoms with van der Waals surface area (Å²) < 4.78 is 0. The number of carbonyl (C=O) groups is 1. The maximum Gasteiger partial charge on any atom is 0.271 e. The van der Waals surface area contributed by atoms with Gasteiger partial charge in [0, 0.05) is 13.1 Å². The molecule has 0 fully saturated rings. The Labute approximate surface area is 95.0 Å². The Morgan fingerprint density at radius 1 is 1.44 bits per heavy atom. The van der Waals surface area contributed by atoms with E-state index in [0.717, 1.165) is 5.57 Å². The normalized spacial score (nSPS) is 9.62. The van der Waals surface area contributed by atoms with Gasteiger partial charge in [-0.25, -0.2) is 0 Å². The zero-order chi connectivity index (χ0) is 12.0. The molecule has 0 saturated carbocycles. The Balaban J connectivity index is 2.60. The van der Waals surface area contributed by atoms with Crippen molar-refractivity contribution in [3.8, 4) is 0 Å². The second kappa shape index (κ2) is 5.85. The molecule has 0 radical (unpaired) electrons. The summed E-state index contributed by atoms with van der Waals surface area (Å²) in [6.45, 7) is 8.77. The monoisotopic (exact) mass is 220 g/mol. The van der Waals surface area contributed by atoms with Crippen LogP contribution in [0.3, 0.4) is 0 Å². The van der Waals surface area contributed by atoms with Gasteiger partial charge in [0.1, 0.15) is 5.82 Å². The lowest BCUT2D eigenvalue weighted by Gasteiger charge is -2.04. The summed E-state index contributed by atoms with van der Waals surface area (Å²) in [6.07, 6.45) is 0. The summed E-state index contributed by atoms with van der Waals surface area (Å²) in [7, 11) is 0. The highest BCUT2D eigenvalue weighted by molar-refractivity contribution is 5.92. The lowest BCUT2D eigenvalue weighted by molar-refractivity contribution is 0.0950. The van der Waals surface area contributed by atoms with E-state index in [4.69, 9.17) is 0 Å². The molecule has 5 heteroatoms. The maximum absolute atomic E-state index is 11.4. The fourth-order valence-corrected chi connectivity index (χ4v) is 1.04. The summed E-state index contributed by atoms with van der Waals surface area (Å²) in [5, 5.41) is 13.4. The molecule has 16 heavy (non-hydrogen) atoms. The van der Waals surface area contributed by atoms with Gasteiger partial charge in [0.15, 0.2) is 5.69 Å². The van der Waals surface area contributed by atoms with Crippen LogP contribution in [-0.4, -0.2) is 29.2 Å². The molecule has 0 unspecified atom stereocenters. The molecule has 0 aliphatic heterocycles. The number of carbonyl (C=O) groups excluding carboxylic acids is 1. The average Bonchev–Trinajstić information content (AvgIpc) is 2.27. The number of hydrogen-bond acceptors (Lipinski definition) is 4. The van der Waals surface area contributed by atoms with Crippen molar-refractivity contribution in [3.63, 3.8) is 0 Å². The van der Waals surface area contributed by atoms with Gasteiger partial charge in [0.05, 0.1) is 0 Å². The van der Waals surface area contributed by atoms with Gasteiger partial charge in [-0.1, -0.05) is 12.2 Å². The Morgan fingerprint density at radius 2 is 2.19 bits per heavy atom. The first-order valence-electron chi connectivity index (χ1n) is 5.13. The first-order chi connectivity index (χ1) is 7.63. The fourth-order valence-electron chi connectivity index (χ4n) is 1.04. The molecule has 2 N–H and O–H groups in total. The lowest BCUT2D eigenvalue weighted by Crippen LogP contribution is -2.24. The molecular weight excluding hydrogens is 204 g/mol. The molecule has 0 aromatic carbocycles. The smallest absolute Gasteiger partial charge is 0.271 e. The highest BCUT2D eigenvalue weighted by Gasteiger charge is 2.05. The highest BCUT2D eigenvalue weighted by Crippen LogP contribution is 2.02. The molecule has 1 aromatic heterocycles. The van der Waals surface area contributed by atoms with Gasteiger partial charge in [0.2, 0.25) is 0 Å². The summed E-state index contributed by atoms with van der Waals surface area (Å²) >= 11 is 0. The largest absolute Gasteiger partial charge is 0.365 e. The molecule has 5 nitrogen and oxygen atoms in total. The molecule has 86 valence electrons. The van der Waals surface area contributed by atoms with Crippen LogP contribution in [0.5, 0.6) is 0 Å². The molecule has 1 heterocycles. The Bertz CT molecular complexity index is 372. The first-order valence-corrected chi connectivity index (χ1v) is 5.13. The minimum Gasteiger partial charge on any atom is -0.365 e. The predicted molar refractivity (Wildman–Crippen MR) is 63.3 cm³/mol. The number of nitrogens with one attached hydrogen (secondary N) is 2. The number of aromatic nitrogens is 2. The van der Waals surface area contributed by atoms with Crippen LogP contribution in [0.1, 0.15) is 24.3 Å². The first kappa shape index (κ1) is 12.2. The number of hydrogen-bond donors (Lipinski definition) is 2. The van der Waals surface area contributed by atoms with E-state index < -0.39 is 0 Å². The minimum atomic E-state index is -0.207. The van der Waals surface area contributed by atoms with E-state index in [0.29, 0.717) is 24.6 Å². The van der Waals surface area contributed by atoms with Crippen molar-refractivity contribution in [2.45, 2.75) is 13.8 Å². The lowest BCUT2D eigenvalue weighted by atomic mass is 10.3. The van der Waals surface area contributed by atoms with E-state index in [-0.39, 0.29) is 5.91 Å². The Kier molecular flexibility index (Phi) is 4.44. The van der Waals surface area contributed by atoms with Crippen molar-refractivity contribution >= 4 is 11.7 Å². The number of amides is 1. The molecule has 0 bridgehead atoms. The second-order valence-electron chi connectivity index (χ2n) is 3.47. The second-order valence-corrected chi connectivity index (χ2v) is 3.47. The van der Waals surface area contributed by atoms with Gasteiger partial charge in [0.25, 0.3) is 5.91 Å². The molecule has 0 atom stereocenters. The quantitative estimate of drug-likeness (QED) is 0.732. The van der Waals surface area contributed by atoms with E-state index in [9.17, 15) is 4.79 Å². The summed E-state index contributed by atoms with van der Waals surface area (Å²) in [5.41, 5.74) is 1.33. The summed E-state index contributed by atoms with van der Waals surface area (Å²) in [4.78, 5) is 11.4. The zero-order valence-corrected chi connectivity index (χ0v) is 9.58. The van der Waals surface area contributed by atoms with Gasteiger partial charge in [-0.3, -0.25) is 4.79 Å². The molecule has 1 amide bonds. The molecule has 0 aliphatic rings. The van der Waals surface area contributed by atoms with Gasteiger partial charge in [-0.2, -0.15) is 0 Å². The van der Waals surface area contributed by atoms with E-state index >= 15 is 0 Å². The van der Waals surface area contributed by atoms with E-state index in [1.807, 2.05) is 13.8 Å². The number of rotatable bonds is 5. The van der Waals surface area contributed by atoms with Crippen LogP contribution in [0.2, 0.25) is 0 Å². The van der Waals surface area contributed by atoms with Crippen LogP contribution in [0.25, 0.3) is 0 Å². The van der Waals surface area contributed by atoms with Gasteiger partial charge in [-0.05, 0) is 26.0 Å². The van der Waals surface area contributed by atoms with Crippen molar-refractivity contribution in [1.82, 2.24) is 15.5 Å². The molecule has 0 saturated heterocycles. The fraction of sp³-hybridized carbons (Fsp3) is 0.364. The minimum absolute atomic E-state index is 0.207. The Hall–Kier alpha value is -1.91. The molecule has 1 aromatic rings. The standard InChI is InChI=1S/C11H16N4O/c1-4-12-11(16)9-5-6-10(15-14-9)13-7-8(2)3/h5-6H,2,4,7H2,1,3H3,(H,12,16)(H,13,15). The van der Waals surface area contributed by atoms with E-state index in [1.165, 1.54) is 0 Å². The van der Waals surface area contributed by atoms with Gasteiger partial charge < -0.3 is 10.6 Å². The van der Waals surface area contributed by atoms with Gasteiger partial charge >= 0.3 is 0 Å². The molecule has 0 aliphatic carbocycles. The zero-order valence-electron chi connectivity index (χ0n) is 9.58. The molecule has 0 spiro atoms. The van der Waals surface area contributed by atoms with Crippen LogP contribution in [-0.2, 0) is 0 Å². The predicted octanol–water partition coefficient (Wildman–Crippen LogP) is 1.21. The van der Waals surface area contributed by atoms with Crippen LogP contribution in [0, 0.1) is 0 Å². The third-order valence-corrected chi connectivity index (χ3v) is 1.81. The van der Waals surface area contributed by atoms with Crippen LogP contribution >= 0.6 is 0 Å². The van der Waals surface area contributed by atoms with Crippen molar-refractivity contribution in [2.75, 3.05) is 18.4 Å². The summed E-state index contributed by atoms with van der Waals surface area (Å²) in [5.74, 6) is 0.428. The molecule has 1 rings (SSSR count). The van der Waals surface area contributed by atoms with E-state index in [1.54, 1.807) is 12.1 Å². The maximum atomic E-state index is 11.4. The number of nitrogens with zero attached hydrogens (tertiary/aromatic N) is 2. The van der Waals surface area contributed by atoms with Crippen molar-refractivity contribution in [3.05, 3.63) is 30.0 Å². The van der Waals surface area contributed by atoms with Gasteiger partial charge in [-0.15, -0.1) is 10.2 Å². The van der Waals surface area contributed by atoms with Crippen LogP contribution in [0.4, 0.5) is 5.82 Å². The van der Waals surface area contributed by atoms with Crippen molar-refractivity contribution in [1.29, 1.82) is 0 Å². The third kappa shape index (κ3) is 3.68.